The lowest BCUT2D eigenvalue weighted by molar-refractivity contribution is 0.0928. The number of nitrogens with zero attached hydrogens (tertiary/aromatic N) is 1. The molecular weight excluding hydrogens is 458 g/mol. The van der Waals surface area contributed by atoms with Crippen LogP contribution in [0.2, 0.25) is 0 Å². The monoisotopic (exact) mass is 485 g/mol. The van der Waals surface area contributed by atoms with Gasteiger partial charge in [-0.2, -0.15) is 5.10 Å². The van der Waals surface area contributed by atoms with Gasteiger partial charge in [-0.15, -0.1) is 11.3 Å². The number of hydrogen-bond acceptors (Lipinski definition) is 5. The minimum atomic E-state index is -0.187. The topological polar surface area (TPSA) is 98.9 Å². The zero-order valence-corrected chi connectivity index (χ0v) is 20.2. The Morgan fingerprint density at radius 2 is 1.89 bits per heavy atom. The summed E-state index contributed by atoms with van der Waals surface area (Å²) in [5.74, 6) is -0.318. The molecule has 0 aliphatic carbocycles. The lowest BCUT2D eigenvalue weighted by Gasteiger charge is -2.23. The first-order valence-corrected chi connectivity index (χ1v) is 12.6. The van der Waals surface area contributed by atoms with Crippen LogP contribution in [0.1, 0.15) is 49.7 Å². The molecule has 1 fully saturated rings. The summed E-state index contributed by atoms with van der Waals surface area (Å²) in [5.41, 5.74) is 4.57. The smallest absolute Gasteiger partial charge is 0.266 e. The van der Waals surface area contributed by atoms with Crippen molar-refractivity contribution in [3.63, 3.8) is 0 Å². The summed E-state index contributed by atoms with van der Waals surface area (Å²) in [5, 5.41) is 19.8. The number of carbonyl (C=O) groups is 2. The van der Waals surface area contributed by atoms with Gasteiger partial charge < -0.3 is 16.0 Å². The molecule has 3 heterocycles. The van der Waals surface area contributed by atoms with E-state index in [0.717, 1.165) is 53.7 Å². The third-order valence-electron chi connectivity index (χ3n) is 6.23. The number of nitrogens with one attached hydrogen (secondary N) is 4. The van der Waals surface area contributed by atoms with E-state index < -0.39 is 0 Å². The van der Waals surface area contributed by atoms with Gasteiger partial charge in [0, 0.05) is 22.7 Å². The molecule has 0 spiro atoms. The van der Waals surface area contributed by atoms with Crippen LogP contribution in [0.3, 0.4) is 0 Å². The van der Waals surface area contributed by atoms with Gasteiger partial charge in [0.05, 0.1) is 16.1 Å². The van der Waals surface area contributed by atoms with E-state index in [-0.39, 0.29) is 17.9 Å². The predicted molar refractivity (Wildman–Crippen MR) is 142 cm³/mol. The number of aromatic amines is 1. The molecule has 4 aromatic rings. The Kier molecular flexibility index (Phi) is 6.74. The van der Waals surface area contributed by atoms with Crippen LogP contribution in [0.5, 0.6) is 0 Å². The molecule has 1 saturated heterocycles. The van der Waals surface area contributed by atoms with Crippen LogP contribution in [0.25, 0.3) is 23.1 Å². The minimum absolute atomic E-state index is 0.131. The largest absolute Gasteiger partial charge is 0.349 e. The van der Waals surface area contributed by atoms with Crippen molar-refractivity contribution < 1.29 is 9.59 Å². The van der Waals surface area contributed by atoms with E-state index in [1.807, 2.05) is 60.9 Å². The van der Waals surface area contributed by atoms with Gasteiger partial charge in [0.15, 0.2) is 0 Å². The molecule has 0 bridgehead atoms. The third-order valence-corrected chi connectivity index (χ3v) is 7.24. The van der Waals surface area contributed by atoms with E-state index in [1.54, 1.807) is 12.1 Å². The van der Waals surface area contributed by atoms with Gasteiger partial charge in [-0.1, -0.05) is 30.3 Å². The number of rotatable bonds is 6. The number of carbonyl (C=O) groups excluding carboxylic acids is 2. The van der Waals surface area contributed by atoms with E-state index in [9.17, 15) is 9.59 Å². The van der Waals surface area contributed by atoms with Crippen LogP contribution in [-0.2, 0) is 0 Å². The highest BCUT2D eigenvalue weighted by Gasteiger charge is 2.18. The Balaban J connectivity index is 1.44. The summed E-state index contributed by atoms with van der Waals surface area (Å²) < 4.78 is 0. The van der Waals surface area contributed by atoms with Gasteiger partial charge >= 0.3 is 0 Å². The predicted octanol–water partition coefficient (Wildman–Crippen LogP) is 4.84. The average molecular weight is 486 g/mol. The molecule has 5 rings (SSSR count). The number of benzene rings is 2. The van der Waals surface area contributed by atoms with E-state index >= 15 is 0 Å². The van der Waals surface area contributed by atoms with Gasteiger partial charge in [-0.25, -0.2) is 0 Å². The number of hydrogen-bond donors (Lipinski definition) is 4. The molecule has 1 aliphatic rings. The van der Waals surface area contributed by atoms with Crippen molar-refractivity contribution in [2.24, 2.45) is 0 Å². The third kappa shape index (κ3) is 5.18. The first kappa shape index (κ1) is 23.0. The molecule has 0 saturated carbocycles. The molecule has 2 amide bonds. The summed E-state index contributed by atoms with van der Waals surface area (Å²) in [6, 6.07) is 15.4. The Morgan fingerprint density at radius 1 is 1.06 bits per heavy atom. The van der Waals surface area contributed by atoms with Crippen molar-refractivity contribution in [1.29, 1.82) is 0 Å². The molecule has 2 aromatic heterocycles. The fraction of sp³-hybridized carbons (Fsp3) is 0.222. The number of aromatic nitrogens is 2. The van der Waals surface area contributed by atoms with Crippen molar-refractivity contribution in [3.05, 3.63) is 81.2 Å². The molecule has 0 unspecified atom stereocenters. The van der Waals surface area contributed by atoms with E-state index in [4.69, 9.17) is 0 Å². The Labute approximate surface area is 207 Å². The summed E-state index contributed by atoms with van der Waals surface area (Å²) in [6.45, 7) is 3.72. The standard InChI is InChI=1S/C27H27N5O2S/c1-17-12-15-35-25(17)27(34)30-24-16-19(26(33)29-20-10-13-28-14-11-20)7-6-18(24)8-9-23-21-4-2-3-5-22(21)31-32-23/h2-9,12,15-16,20,28H,10-11,13-14H2,1H3,(H,29,33)(H,30,34)(H,31,32)/b9-8+. The summed E-state index contributed by atoms with van der Waals surface area (Å²) in [4.78, 5) is 26.6. The number of aryl methyl sites for hydroxylation is 1. The maximum Gasteiger partial charge on any atom is 0.266 e. The van der Waals surface area contributed by atoms with Gasteiger partial charge in [0.25, 0.3) is 11.8 Å². The zero-order valence-electron chi connectivity index (χ0n) is 19.4. The minimum Gasteiger partial charge on any atom is -0.349 e. The summed E-state index contributed by atoms with van der Waals surface area (Å²) in [7, 11) is 0. The maximum absolute atomic E-state index is 13.0. The molecule has 2 aromatic carbocycles. The molecule has 178 valence electrons. The quantitative estimate of drug-likeness (QED) is 0.314. The first-order chi connectivity index (χ1) is 17.1. The lowest BCUT2D eigenvalue weighted by Crippen LogP contribution is -2.42. The van der Waals surface area contributed by atoms with Crippen LogP contribution in [0, 0.1) is 6.92 Å². The van der Waals surface area contributed by atoms with Crippen molar-refractivity contribution in [3.8, 4) is 0 Å². The van der Waals surface area contributed by atoms with Gasteiger partial charge in [-0.3, -0.25) is 14.7 Å². The van der Waals surface area contributed by atoms with Crippen LogP contribution in [-0.4, -0.2) is 41.1 Å². The molecule has 8 heteroatoms. The SMILES string of the molecule is Cc1ccsc1C(=O)Nc1cc(C(=O)NC2CCNCC2)ccc1/C=C/c1n[nH]c2ccccc12. The van der Waals surface area contributed by atoms with Crippen molar-refractivity contribution >= 4 is 51.9 Å². The molecule has 35 heavy (non-hydrogen) atoms. The fourth-order valence-electron chi connectivity index (χ4n) is 4.25. The van der Waals surface area contributed by atoms with Crippen LogP contribution < -0.4 is 16.0 Å². The number of piperidine rings is 1. The molecule has 4 N–H and O–H groups in total. The highest BCUT2D eigenvalue weighted by atomic mass is 32.1. The fourth-order valence-corrected chi connectivity index (χ4v) is 5.07. The normalized spacial score (nSPS) is 14.4. The molecule has 7 nitrogen and oxygen atoms in total. The average Bonchev–Trinajstić information content (AvgIpc) is 3.50. The Hall–Kier alpha value is -3.75. The molecule has 1 aliphatic heterocycles. The van der Waals surface area contributed by atoms with Gasteiger partial charge in [0.1, 0.15) is 0 Å². The number of thiophene rings is 1. The molecular formula is C27H27N5O2S. The number of amides is 2. The molecule has 0 radical (unpaired) electrons. The maximum atomic E-state index is 13.0. The van der Waals surface area contributed by atoms with Crippen LogP contribution in [0.4, 0.5) is 5.69 Å². The number of fused-ring (bicyclic) bond motifs is 1. The second-order valence-corrected chi connectivity index (χ2v) is 9.59. The molecule has 0 atom stereocenters. The number of H-pyrrole nitrogens is 1. The summed E-state index contributed by atoms with van der Waals surface area (Å²) >= 11 is 1.40. The van der Waals surface area contributed by atoms with Crippen molar-refractivity contribution in [2.75, 3.05) is 18.4 Å². The number of para-hydroxylation sites is 1. The number of anilines is 1. The van der Waals surface area contributed by atoms with Crippen molar-refractivity contribution in [1.82, 2.24) is 20.8 Å². The van der Waals surface area contributed by atoms with Gasteiger partial charge in [-0.05, 0) is 79.7 Å². The first-order valence-electron chi connectivity index (χ1n) is 11.7. The highest BCUT2D eigenvalue weighted by Crippen LogP contribution is 2.25. The second-order valence-electron chi connectivity index (χ2n) is 8.67. The Bertz CT molecular complexity index is 1400. The summed E-state index contributed by atoms with van der Waals surface area (Å²) in [6.07, 6.45) is 5.64. The van der Waals surface area contributed by atoms with Crippen molar-refractivity contribution in [2.45, 2.75) is 25.8 Å². The van der Waals surface area contributed by atoms with E-state index in [0.29, 0.717) is 16.1 Å². The van der Waals surface area contributed by atoms with Gasteiger partial charge in [0.2, 0.25) is 0 Å². The van der Waals surface area contributed by atoms with E-state index in [2.05, 4.69) is 26.1 Å². The lowest BCUT2D eigenvalue weighted by atomic mass is 10.0. The second kappa shape index (κ2) is 10.2. The van der Waals surface area contributed by atoms with Crippen LogP contribution in [0.15, 0.2) is 53.9 Å². The zero-order chi connectivity index (χ0) is 24.2. The Morgan fingerprint density at radius 3 is 2.69 bits per heavy atom. The van der Waals surface area contributed by atoms with E-state index in [1.165, 1.54) is 11.3 Å². The highest BCUT2D eigenvalue weighted by molar-refractivity contribution is 7.12. The van der Waals surface area contributed by atoms with Crippen LogP contribution >= 0.6 is 11.3 Å².